The fourth-order valence-electron chi connectivity index (χ4n) is 1.11. The monoisotopic (exact) mass is 272 g/mol. The van der Waals surface area contributed by atoms with Gasteiger partial charge in [-0.2, -0.15) is 0 Å². The molecule has 0 heterocycles. The Morgan fingerprint density at radius 3 is 2.42 bits per heavy atom. The Hall–Kier alpha value is -1.66. The van der Waals surface area contributed by atoms with E-state index in [1.165, 1.54) is 0 Å². The van der Waals surface area contributed by atoms with Crippen molar-refractivity contribution in [1.29, 1.82) is 0 Å². The average Bonchev–Trinajstić information content (AvgIpc) is 2.43. The number of esters is 2. The van der Waals surface area contributed by atoms with Gasteiger partial charge in [0.2, 0.25) is 0 Å². The summed E-state index contributed by atoms with van der Waals surface area (Å²) in [5.74, 6) is -1.17. The molecule has 1 atom stereocenters. The maximum absolute atomic E-state index is 11.1. The highest BCUT2D eigenvalue weighted by atomic mass is 16.6. The quantitative estimate of drug-likeness (QED) is 0.337. The number of hydrogen-bond donors (Lipinski definition) is 1. The van der Waals surface area contributed by atoms with Gasteiger partial charge in [-0.05, 0) is 6.42 Å². The Morgan fingerprint density at radius 1 is 1.16 bits per heavy atom. The molecule has 108 valence electrons. The number of rotatable bonds is 11. The summed E-state index contributed by atoms with van der Waals surface area (Å²) in [7, 11) is 0. The van der Waals surface area contributed by atoms with E-state index in [0.717, 1.165) is 12.2 Å². The Morgan fingerprint density at radius 2 is 1.84 bits per heavy atom. The fraction of sp³-hybridized carbons (Fsp3) is 0.538. The molecule has 6 heteroatoms. The Bertz CT molecular complexity index is 300. The van der Waals surface area contributed by atoms with Gasteiger partial charge in [-0.3, -0.25) is 0 Å². The molecule has 19 heavy (non-hydrogen) atoms. The second-order valence-electron chi connectivity index (χ2n) is 3.58. The van der Waals surface area contributed by atoms with Crippen molar-refractivity contribution in [2.75, 3.05) is 26.4 Å². The van der Waals surface area contributed by atoms with Gasteiger partial charge in [-0.1, -0.05) is 13.2 Å². The first-order valence-electron chi connectivity index (χ1n) is 5.94. The van der Waals surface area contributed by atoms with E-state index < -0.39 is 18.0 Å². The molecule has 0 aromatic carbocycles. The van der Waals surface area contributed by atoms with Crippen LogP contribution in [0.2, 0.25) is 0 Å². The number of aliphatic hydroxyl groups excluding tert-OH is 1. The standard InChI is InChI=1S/C13H20O6/c1-3-12(15)18-10-11(19-13(16)4-2)6-9-17-8-5-7-14/h3-4,11,14H,1-2,5-10H2. The first-order valence-corrected chi connectivity index (χ1v) is 5.94. The first-order chi connectivity index (χ1) is 9.13. The van der Waals surface area contributed by atoms with Crippen molar-refractivity contribution in [1.82, 2.24) is 0 Å². The van der Waals surface area contributed by atoms with Crippen LogP contribution in [0, 0.1) is 0 Å². The van der Waals surface area contributed by atoms with Crippen LogP contribution in [0.25, 0.3) is 0 Å². The summed E-state index contributed by atoms with van der Waals surface area (Å²) in [6.45, 7) is 7.31. The van der Waals surface area contributed by atoms with Crippen LogP contribution in [0.5, 0.6) is 0 Å². The Kier molecular flexibility index (Phi) is 10.4. The number of aliphatic hydroxyl groups is 1. The van der Waals surface area contributed by atoms with Crippen LogP contribution in [0.15, 0.2) is 25.3 Å². The zero-order valence-electron chi connectivity index (χ0n) is 10.9. The summed E-state index contributed by atoms with van der Waals surface area (Å²) in [5.41, 5.74) is 0. The molecule has 0 bridgehead atoms. The SMILES string of the molecule is C=CC(=O)OCC(CCOCCCO)OC(=O)C=C. The van der Waals surface area contributed by atoms with E-state index >= 15 is 0 Å². The smallest absolute Gasteiger partial charge is 0.330 e. The Labute approximate surface area is 112 Å². The minimum atomic E-state index is -0.594. The number of carbonyl (C=O) groups excluding carboxylic acids is 2. The van der Waals surface area contributed by atoms with Gasteiger partial charge >= 0.3 is 11.9 Å². The topological polar surface area (TPSA) is 82.1 Å². The molecule has 0 rings (SSSR count). The minimum absolute atomic E-state index is 0.0613. The van der Waals surface area contributed by atoms with Crippen LogP contribution in [0.1, 0.15) is 12.8 Å². The van der Waals surface area contributed by atoms with Gasteiger partial charge in [0, 0.05) is 31.8 Å². The van der Waals surface area contributed by atoms with Gasteiger partial charge in [0.15, 0.2) is 0 Å². The predicted octanol–water partition coefficient (Wildman–Crippen LogP) is 0.602. The third kappa shape index (κ3) is 9.99. The molecule has 0 fully saturated rings. The van der Waals surface area contributed by atoms with Gasteiger partial charge < -0.3 is 19.3 Å². The molecule has 0 saturated carbocycles. The molecule has 0 radical (unpaired) electrons. The maximum Gasteiger partial charge on any atom is 0.330 e. The van der Waals surface area contributed by atoms with Crippen LogP contribution < -0.4 is 0 Å². The van der Waals surface area contributed by atoms with Gasteiger partial charge in [0.25, 0.3) is 0 Å². The second-order valence-corrected chi connectivity index (χ2v) is 3.58. The molecule has 0 aromatic rings. The zero-order valence-corrected chi connectivity index (χ0v) is 10.9. The van der Waals surface area contributed by atoms with Crippen LogP contribution in [-0.4, -0.2) is 49.6 Å². The van der Waals surface area contributed by atoms with Crippen molar-refractivity contribution >= 4 is 11.9 Å². The number of hydrogen-bond acceptors (Lipinski definition) is 6. The summed E-state index contributed by atoms with van der Waals surface area (Å²) in [5, 5.41) is 8.57. The van der Waals surface area contributed by atoms with Gasteiger partial charge in [0.1, 0.15) is 12.7 Å². The molecule has 1 unspecified atom stereocenters. The van der Waals surface area contributed by atoms with Crippen LogP contribution >= 0.6 is 0 Å². The van der Waals surface area contributed by atoms with E-state index in [9.17, 15) is 9.59 Å². The lowest BCUT2D eigenvalue weighted by molar-refractivity contribution is -0.153. The van der Waals surface area contributed by atoms with E-state index in [1.54, 1.807) is 0 Å². The molecule has 0 spiro atoms. The molecule has 1 N–H and O–H groups in total. The normalized spacial score (nSPS) is 11.4. The largest absolute Gasteiger partial charge is 0.459 e. The predicted molar refractivity (Wildman–Crippen MR) is 68.4 cm³/mol. The van der Waals surface area contributed by atoms with Gasteiger partial charge in [-0.25, -0.2) is 9.59 Å². The summed E-state index contributed by atoms with van der Waals surface area (Å²) < 4.78 is 15.0. The van der Waals surface area contributed by atoms with E-state index in [1.807, 2.05) is 0 Å². The summed E-state index contributed by atoms with van der Waals surface area (Å²) >= 11 is 0. The summed E-state index contributed by atoms with van der Waals surface area (Å²) in [4.78, 5) is 22.0. The molecule has 0 aromatic heterocycles. The van der Waals surface area contributed by atoms with E-state index in [-0.39, 0.29) is 13.2 Å². The molecule has 0 aliphatic rings. The molecular weight excluding hydrogens is 252 g/mol. The summed E-state index contributed by atoms with van der Waals surface area (Å²) in [6.07, 6.45) is 2.40. The highest BCUT2D eigenvalue weighted by Crippen LogP contribution is 2.02. The number of carbonyl (C=O) groups is 2. The highest BCUT2D eigenvalue weighted by Gasteiger charge is 2.14. The first kappa shape index (κ1) is 17.3. The molecule has 0 aliphatic carbocycles. The molecule has 0 amide bonds. The molecule has 0 saturated heterocycles. The molecular formula is C13H20O6. The average molecular weight is 272 g/mol. The zero-order chi connectivity index (χ0) is 14.5. The van der Waals surface area contributed by atoms with Crippen molar-refractivity contribution in [3.8, 4) is 0 Å². The molecule has 6 nitrogen and oxygen atoms in total. The van der Waals surface area contributed by atoms with Gasteiger partial charge in [-0.15, -0.1) is 0 Å². The van der Waals surface area contributed by atoms with Crippen LogP contribution in [0.3, 0.4) is 0 Å². The maximum atomic E-state index is 11.1. The third-order valence-corrected chi connectivity index (χ3v) is 2.06. The summed E-state index contributed by atoms with van der Waals surface area (Å²) in [6, 6.07) is 0. The lowest BCUT2D eigenvalue weighted by atomic mass is 10.3. The lowest BCUT2D eigenvalue weighted by Gasteiger charge is -2.16. The van der Waals surface area contributed by atoms with Crippen LogP contribution in [0.4, 0.5) is 0 Å². The van der Waals surface area contributed by atoms with Crippen molar-refractivity contribution in [3.63, 3.8) is 0 Å². The van der Waals surface area contributed by atoms with Gasteiger partial charge in [0.05, 0.1) is 6.61 Å². The second kappa shape index (κ2) is 11.4. The van der Waals surface area contributed by atoms with Crippen LogP contribution in [-0.2, 0) is 23.8 Å². The Balaban J connectivity index is 4.02. The lowest BCUT2D eigenvalue weighted by Crippen LogP contribution is -2.25. The van der Waals surface area contributed by atoms with E-state index in [0.29, 0.717) is 26.1 Å². The molecule has 0 aliphatic heterocycles. The van der Waals surface area contributed by atoms with E-state index in [4.69, 9.17) is 19.3 Å². The van der Waals surface area contributed by atoms with Crippen molar-refractivity contribution in [2.24, 2.45) is 0 Å². The minimum Gasteiger partial charge on any atom is -0.459 e. The highest BCUT2D eigenvalue weighted by molar-refractivity contribution is 5.82. The number of ether oxygens (including phenoxy) is 3. The third-order valence-electron chi connectivity index (χ3n) is 2.06. The van der Waals surface area contributed by atoms with Crippen molar-refractivity contribution in [2.45, 2.75) is 18.9 Å². The fourth-order valence-corrected chi connectivity index (χ4v) is 1.11. The van der Waals surface area contributed by atoms with Crippen molar-refractivity contribution in [3.05, 3.63) is 25.3 Å². The van der Waals surface area contributed by atoms with Crippen molar-refractivity contribution < 1.29 is 28.9 Å². The van der Waals surface area contributed by atoms with E-state index in [2.05, 4.69) is 13.2 Å².